The summed E-state index contributed by atoms with van der Waals surface area (Å²) < 4.78 is 0. The molecule has 0 bridgehead atoms. The zero-order valence-corrected chi connectivity index (χ0v) is 9.24. The van der Waals surface area contributed by atoms with Crippen molar-refractivity contribution in [3.8, 4) is 0 Å². The largest absolute Gasteiger partial charge is 0.481 e. The number of carbonyl (C=O) groups is 2. The molecule has 0 saturated carbocycles. The van der Waals surface area contributed by atoms with Crippen molar-refractivity contribution in [1.82, 2.24) is 4.90 Å². The zero-order valence-electron chi connectivity index (χ0n) is 9.24. The average Bonchev–Trinajstić information content (AvgIpc) is 2.39. The third-order valence-electron chi connectivity index (χ3n) is 2.98. The summed E-state index contributed by atoms with van der Waals surface area (Å²) in [5.41, 5.74) is 0. The summed E-state index contributed by atoms with van der Waals surface area (Å²) in [7, 11) is 0. The van der Waals surface area contributed by atoms with Crippen LogP contribution in [0.25, 0.3) is 0 Å². The van der Waals surface area contributed by atoms with E-state index in [1.165, 1.54) is 0 Å². The number of amides is 1. The van der Waals surface area contributed by atoms with Crippen LogP contribution in [0.15, 0.2) is 0 Å². The topological polar surface area (TPSA) is 57.6 Å². The van der Waals surface area contributed by atoms with Crippen LogP contribution >= 0.6 is 0 Å². The Morgan fingerprint density at radius 1 is 1.40 bits per heavy atom. The second-order valence-corrected chi connectivity index (χ2v) is 4.26. The lowest BCUT2D eigenvalue weighted by atomic mass is 9.98. The second kappa shape index (κ2) is 5.73. The highest BCUT2D eigenvalue weighted by Crippen LogP contribution is 2.20. The molecule has 0 radical (unpaired) electrons. The molecule has 1 amide bonds. The van der Waals surface area contributed by atoms with Crippen molar-refractivity contribution in [3.63, 3.8) is 0 Å². The van der Waals surface area contributed by atoms with Gasteiger partial charge < -0.3 is 10.0 Å². The van der Waals surface area contributed by atoms with Gasteiger partial charge in [-0.2, -0.15) is 0 Å². The molecular formula is C11H19NO3. The molecule has 1 saturated heterocycles. The molecule has 15 heavy (non-hydrogen) atoms. The van der Waals surface area contributed by atoms with Crippen molar-refractivity contribution in [2.45, 2.75) is 39.0 Å². The molecule has 0 aromatic heterocycles. The smallest absolute Gasteiger partial charge is 0.303 e. The maximum atomic E-state index is 11.2. The molecule has 1 fully saturated rings. The van der Waals surface area contributed by atoms with E-state index in [1.54, 1.807) is 6.92 Å². The second-order valence-electron chi connectivity index (χ2n) is 4.26. The summed E-state index contributed by atoms with van der Waals surface area (Å²) in [6, 6.07) is 0. The molecule has 1 rings (SSSR count). The fraction of sp³-hybridized carbons (Fsp3) is 0.818. The minimum Gasteiger partial charge on any atom is -0.481 e. The molecule has 1 N–H and O–H groups in total. The highest BCUT2D eigenvalue weighted by molar-refractivity contribution is 5.73. The minimum absolute atomic E-state index is 0.109. The Morgan fingerprint density at radius 2 is 2.13 bits per heavy atom. The lowest BCUT2D eigenvalue weighted by molar-refractivity contribution is -0.137. The van der Waals surface area contributed by atoms with Crippen LogP contribution in [0.3, 0.4) is 0 Å². The van der Waals surface area contributed by atoms with Crippen molar-refractivity contribution < 1.29 is 14.7 Å². The van der Waals surface area contributed by atoms with E-state index < -0.39 is 5.97 Å². The molecular weight excluding hydrogens is 194 g/mol. The van der Waals surface area contributed by atoms with Crippen LogP contribution in [-0.4, -0.2) is 35.0 Å². The van der Waals surface area contributed by atoms with Crippen molar-refractivity contribution in [1.29, 1.82) is 0 Å². The van der Waals surface area contributed by atoms with Gasteiger partial charge in [-0.3, -0.25) is 9.59 Å². The molecule has 86 valence electrons. The standard InChI is InChI=1S/C11H19NO3/c1-9(13)12-7-3-2-4-10(8-12)5-6-11(14)15/h10H,2-8H2,1H3,(H,14,15). The Morgan fingerprint density at radius 3 is 2.73 bits per heavy atom. The van der Waals surface area contributed by atoms with Gasteiger partial charge in [0.25, 0.3) is 0 Å². The van der Waals surface area contributed by atoms with Crippen molar-refractivity contribution in [2.24, 2.45) is 5.92 Å². The van der Waals surface area contributed by atoms with E-state index in [1.807, 2.05) is 4.90 Å². The summed E-state index contributed by atoms with van der Waals surface area (Å²) in [5, 5.41) is 8.61. The van der Waals surface area contributed by atoms with Gasteiger partial charge in [0.1, 0.15) is 0 Å². The molecule has 4 heteroatoms. The van der Waals surface area contributed by atoms with E-state index in [0.717, 1.165) is 32.4 Å². The average molecular weight is 213 g/mol. The lowest BCUT2D eigenvalue weighted by Gasteiger charge is -2.22. The first-order valence-electron chi connectivity index (χ1n) is 5.57. The van der Waals surface area contributed by atoms with E-state index in [2.05, 4.69) is 0 Å². The maximum Gasteiger partial charge on any atom is 0.303 e. The van der Waals surface area contributed by atoms with Gasteiger partial charge in [-0.15, -0.1) is 0 Å². The third-order valence-corrected chi connectivity index (χ3v) is 2.98. The van der Waals surface area contributed by atoms with Gasteiger partial charge in [-0.1, -0.05) is 6.42 Å². The Bertz CT molecular complexity index is 240. The first-order valence-corrected chi connectivity index (χ1v) is 5.57. The number of carboxylic acid groups (broad SMARTS) is 1. The van der Waals surface area contributed by atoms with Gasteiger partial charge in [-0.05, 0) is 25.2 Å². The zero-order chi connectivity index (χ0) is 11.3. The Labute approximate surface area is 90.3 Å². The van der Waals surface area contributed by atoms with Crippen LogP contribution in [0.2, 0.25) is 0 Å². The number of nitrogens with zero attached hydrogens (tertiary/aromatic N) is 1. The summed E-state index contributed by atoms with van der Waals surface area (Å²) in [5.74, 6) is -0.265. The fourth-order valence-corrected chi connectivity index (χ4v) is 2.08. The molecule has 1 unspecified atom stereocenters. The van der Waals surface area contributed by atoms with Crippen LogP contribution in [0.1, 0.15) is 39.0 Å². The monoisotopic (exact) mass is 213 g/mol. The molecule has 0 aromatic carbocycles. The highest BCUT2D eigenvalue weighted by Gasteiger charge is 2.20. The first-order chi connectivity index (χ1) is 7.09. The Balaban J connectivity index is 2.42. The molecule has 0 aromatic rings. The summed E-state index contributed by atoms with van der Waals surface area (Å²) >= 11 is 0. The third kappa shape index (κ3) is 4.32. The van der Waals surface area contributed by atoms with Gasteiger partial charge in [0, 0.05) is 26.4 Å². The SMILES string of the molecule is CC(=O)N1CCCCC(CCC(=O)O)C1. The summed E-state index contributed by atoms with van der Waals surface area (Å²) in [6.07, 6.45) is 4.11. The maximum absolute atomic E-state index is 11.2. The number of aliphatic carboxylic acids is 1. The fourth-order valence-electron chi connectivity index (χ4n) is 2.08. The molecule has 0 aliphatic carbocycles. The van der Waals surface area contributed by atoms with Crippen LogP contribution in [0, 0.1) is 5.92 Å². The van der Waals surface area contributed by atoms with E-state index in [0.29, 0.717) is 12.3 Å². The van der Waals surface area contributed by atoms with Crippen LogP contribution in [-0.2, 0) is 9.59 Å². The normalized spacial score (nSPS) is 22.2. The number of likely N-dealkylation sites (tertiary alicyclic amines) is 1. The predicted octanol–water partition coefficient (Wildman–Crippen LogP) is 1.50. The van der Waals surface area contributed by atoms with Crippen molar-refractivity contribution in [2.75, 3.05) is 13.1 Å². The van der Waals surface area contributed by atoms with Crippen molar-refractivity contribution in [3.05, 3.63) is 0 Å². The van der Waals surface area contributed by atoms with Crippen LogP contribution in [0.4, 0.5) is 0 Å². The predicted molar refractivity (Wildman–Crippen MR) is 56.5 cm³/mol. The molecule has 1 aliphatic heterocycles. The summed E-state index contributed by atoms with van der Waals surface area (Å²) in [6.45, 7) is 3.15. The van der Waals surface area contributed by atoms with E-state index in [-0.39, 0.29) is 12.3 Å². The first kappa shape index (κ1) is 12.0. The molecule has 0 spiro atoms. The number of hydrogen-bond acceptors (Lipinski definition) is 2. The molecule has 1 atom stereocenters. The number of hydrogen-bond donors (Lipinski definition) is 1. The molecule has 4 nitrogen and oxygen atoms in total. The van der Waals surface area contributed by atoms with Gasteiger partial charge in [0.2, 0.25) is 5.91 Å². The van der Waals surface area contributed by atoms with E-state index >= 15 is 0 Å². The van der Waals surface area contributed by atoms with Gasteiger partial charge in [-0.25, -0.2) is 0 Å². The Kier molecular flexibility index (Phi) is 4.59. The number of carbonyl (C=O) groups excluding carboxylic acids is 1. The van der Waals surface area contributed by atoms with E-state index in [4.69, 9.17) is 5.11 Å². The Hall–Kier alpha value is -1.06. The van der Waals surface area contributed by atoms with Gasteiger partial charge in [0.05, 0.1) is 0 Å². The summed E-state index contributed by atoms with van der Waals surface area (Å²) in [4.78, 5) is 23.6. The number of carboxylic acids is 1. The lowest BCUT2D eigenvalue weighted by Crippen LogP contribution is -2.32. The quantitative estimate of drug-likeness (QED) is 0.773. The molecule has 1 heterocycles. The van der Waals surface area contributed by atoms with Crippen LogP contribution < -0.4 is 0 Å². The molecule has 1 aliphatic rings. The van der Waals surface area contributed by atoms with Gasteiger partial charge in [0.15, 0.2) is 0 Å². The highest BCUT2D eigenvalue weighted by atomic mass is 16.4. The van der Waals surface area contributed by atoms with Gasteiger partial charge >= 0.3 is 5.97 Å². The van der Waals surface area contributed by atoms with Crippen molar-refractivity contribution >= 4 is 11.9 Å². The van der Waals surface area contributed by atoms with E-state index in [9.17, 15) is 9.59 Å². The van der Waals surface area contributed by atoms with Crippen LogP contribution in [0.5, 0.6) is 0 Å². The minimum atomic E-state index is -0.742. The number of rotatable bonds is 3.